The van der Waals surface area contributed by atoms with E-state index < -0.39 is 30.1 Å². The number of hydrogen-bond donors (Lipinski definition) is 1. The van der Waals surface area contributed by atoms with Crippen molar-refractivity contribution in [2.45, 2.75) is 38.0 Å². The lowest BCUT2D eigenvalue weighted by Crippen LogP contribution is -2.57. The number of nitrogens with one attached hydrogen (secondary N) is 1. The van der Waals surface area contributed by atoms with Crippen molar-refractivity contribution in [2.75, 3.05) is 6.54 Å². The molecule has 2 unspecified atom stereocenters. The summed E-state index contributed by atoms with van der Waals surface area (Å²) >= 11 is 0. The van der Waals surface area contributed by atoms with Crippen LogP contribution in [0.1, 0.15) is 35.8 Å². The van der Waals surface area contributed by atoms with E-state index in [1.165, 1.54) is 16.8 Å². The van der Waals surface area contributed by atoms with Gasteiger partial charge in [-0.05, 0) is 18.9 Å². The van der Waals surface area contributed by atoms with Gasteiger partial charge in [-0.25, -0.2) is 0 Å². The average Bonchev–Trinajstić information content (AvgIpc) is 2.87. The molecule has 0 radical (unpaired) electrons. The Labute approximate surface area is 136 Å². The summed E-state index contributed by atoms with van der Waals surface area (Å²) in [5.41, 5.74) is 0.549. The second kappa shape index (κ2) is 6.55. The lowest BCUT2D eigenvalue weighted by molar-refractivity contribution is -0.196. The quantitative estimate of drug-likeness (QED) is 0.886. The predicted molar refractivity (Wildman–Crippen MR) is 77.8 cm³/mol. The van der Waals surface area contributed by atoms with Gasteiger partial charge in [-0.1, -0.05) is 0 Å². The Balaban J connectivity index is 2.09. The van der Waals surface area contributed by atoms with Crippen molar-refractivity contribution in [3.63, 3.8) is 0 Å². The van der Waals surface area contributed by atoms with Crippen LogP contribution in [-0.2, 0) is 11.8 Å². The molecule has 1 aliphatic heterocycles. The Morgan fingerprint density at radius 2 is 2.04 bits per heavy atom. The number of nitrogens with zero attached hydrogens (tertiary/aromatic N) is 3. The highest BCUT2D eigenvalue weighted by Crippen LogP contribution is 2.32. The number of rotatable bonds is 2. The Kier molecular flexibility index (Phi) is 4.87. The van der Waals surface area contributed by atoms with Crippen LogP contribution in [0, 0.1) is 11.3 Å². The Hall–Kier alpha value is -2.50. The molecule has 0 aromatic carbocycles. The number of likely N-dealkylation sites (tertiary alicyclic amines) is 1. The SMILES string of the molecule is CC(=O)N1CC(NC(=O)c2cc(C#N)cn2C)CCC1C(F)(F)F. The molecule has 0 spiro atoms. The third kappa shape index (κ3) is 3.69. The first-order valence-electron chi connectivity index (χ1n) is 7.34. The van der Waals surface area contributed by atoms with Gasteiger partial charge in [0.15, 0.2) is 0 Å². The van der Waals surface area contributed by atoms with Crippen molar-refractivity contribution in [1.29, 1.82) is 5.26 Å². The van der Waals surface area contributed by atoms with E-state index in [9.17, 15) is 22.8 Å². The molecule has 130 valence electrons. The second-order valence-corrected chi connectivity index (χ2v) is 5.81. The molecule has 1 aromatic heterocycles. The highest BCUT2D eigenvalue weighted by atomic mass is 19.4. The Bertz CT molecular complexity index is 690. The van der Waals surface area contributed by atoms with Gasteiger partial charge in [0.05, 0.1) is 5.56 Å². The number of piperidine rings is 1. The maximum Gasteiger partial charge on any atom is 0.408 e. The molecule has 2 atom stereocenters. The summed E-state index contributed by atoms with van der Waals surface area (Å²) in [6.45, 7) is 0.889. The van der Waals surface area contributed by atoms with Gasteiger partial charge < -0.3 is 14.8 Å². The summed E-state index contributed by atoms with van der Waals surface area (Å²) in [5.74, 6) is -1.17. The molecule has 1 fully saturated rings. The zero-order valence-corrected chi connectivity index (χ0v) is 13.2. The lowest BCUT2D eigenvalue weighted by atomic mass is 9.97. The molecule has 0 aliphatic carbocycles. The molecule has 1 aromatic rings. The minimum absolute atomic E-state index is 0.120. The molecular weight excluding hydrogens is 325 g/mol. The summed E-state index contributed by atoms with van der Waals surface area (Å²) < 4.78 is 40.4. The summed E-state index contributed by atoms with van der Waals surface area (Å²) in [4.78, 5) is 24.5. The van der Waals surface area contributed by atoms with Gasteiger partial charge in [0.2, 0.25) is 5.91 Å². The van der Waals surface area contributed by atoms with Crippen molar-refractivity contribution < 1.29 is 22.8 Å². The molecular formula is C15H17F3N4O2. The van der Waals surface area contributed by atoms with Crippen LogP contribution in [0.15, 0.2) is 12.3 Å². The maximum atomic E-state index is 13.0. The van der Waals surface area contributed by atoms with Crippen LogP contribution in [0.4, 0.5) is 13.2 Å². The minimum atomic E-state index is -4.49. The van der Waals surface area contributed by atoms with Crippen LogP contribution in [0.2, 0.25) is 0 Å². The molecule has 1 N–H and O–H groups in total. The van der Waals surface area contributed by atoms with E-state index in [0.717, 1.165) is 11.8 Å². The van der Waals surface area contributed by atoms with Crippen molar-refractivity contribution in [3.05, 3.63) is 23.5 Å². The van der Waals surface area contributed by atoms with Crippen molar-refractivity contribution in [3.8, 4) is 6.07 Å². The Morgan fingerprint density at radius 1 is 1.38 bits per heavy atom. The molecule has 1 aliphatic rings. The van der Waals surface area contributed by atoms with Crippen LogP contribution in [0.5, 0.6) is 0 Å². The van der Waals surface area contributed by atoms with Gasteiger partial charge >= 0.3 is 6.18 Å². The summed E-state index contributed by atoms with van der Waals surface area (Å²) in [6, 6.07) is 0.929. The predicted octanol–water partition coefficient (Wildman–Crippen LogP) is 1.57. The third-order valence-electron chi connectivity index (χ3n) is 4.07. The van der Waals surface area contributed by atoms with Crippen LogP contribution in [0.3, 0.4) is 0 Å². The number of halogens is 3. The molecule has 2 amide bonds. The normalized spacial score (nSPS) is 21.2. The highest BCUT2D eigenvalue weighted by molar-refractivity contribution is 5.93. The molecule has 0 bridgehead atoms. The lowest BCUT2D eigenvalue weighted by Gasteiger charge is -2.40. The maximum absolute atomic E-state index is 13.0. The molecule has 2 rings (SSSR count). The van der Waals surface area contributed by atoms with E-state index in [2.05, 4.69) is 5.32 Å². The molecule has 6 nitrogen and oxygen atoms in total. The van der Waals surface area contributed by atoms with E-state index in [-0.39, 0.29) is 25.1 Å². The summed E-state index contributed by atoms with van der Waals surface area (Å²) in [7, 11) is 1.60. The number of carbonyl (C=O) groups is 2. The largest absolute Gasteiger partial charge is 0.408 e. The van der Waals surface area contributed by atoms with E-state index in [4.69, 9.17) is 5.26 Å². The minimum Gasteiger partial charge on any atom is -0.346 e. The first-order chi connectivity index (χ1) is 11.1. The van der Waals surface area contributed by atoms with Crippen LogP contribution in [0.25, 0.3) is 0 Å². The number of alkyl halides is 3. The molecule has 0 saturated carbocycles. The topological polar surface area (TPSA) is 78.1 Å². The molecule has 9 heteroatoms. The van der Waals surface area contributed by atoms with Crippen molar-refractivity contribution >= 4 is 11.8 Å². The van der Waals surface area contributed by atoms with Crippen molar-refractivity contribution in [2.24, 2.45) is 7.05 Å². The van der Waals surface area contributed by atoms with Crippen LogP contribution in [-0.4, -0.2) is 46.1 Å². The van der Waals surface area contributed by atoms with Crippen molar-refractivity contribution in [1.82, 2.24) is 14.8 Å². The monoisotopic (exact) mass is 342 g/mol. The fourth-order valence-corrected chi connectivity index (χ4v) is 2.89. The highest BCUT2D eigenvalue weighted by Gasteiger charge is 2.47. The van der Waals surface area contributed by atoms with Crippen LogP contribution >= 0.6 is 0 Å². The standard InChI is InChI=1S/C15H17F3N4O2/c1-9(23)22-8-11(3-4-13(22)15(16,17)18)20-14(24)12-5-10(6-19)7-21(12)2/h5,7,11,13H,3-4,8H2,1-2H3,(H,20,24). The molecule has 1 saturated heterocycles. The summed E-state index contributed by atoms with van der Waals surface area (Å²) in [5, 5.41) is 11.5. The summed E-state index contributed by atoms with van der Waals surface area (Å²) in [6.07, 6.45) is -3.14. The first kappa shape index (κ1) is 17.8. The van der Waals surface area contributed by atoms with Gasteiger partial charge in [0.25, 0.3) is 5.91 Å². The van der Waals surface area contributed by atoms with Gasteiger partial charge in [-0.15, -0.1) is 0 Å². The zero-order valence-electron chi connectivity index (χ0n) is 13.2. The fraction of sp³-hybridized carbons (Fsp3) is 0.533. The van der Waals surface area contributed by atoms with E-state index in [1.807, 2.05) is 6.07 Å². The number of aryl methyl sites for hydroxylation is 1. The Morgan fingerprint density at radius 3 is 2.54 bits per heavy atom. The molecule has 2 heterocycles. The zero-order chi connectivity index (χ0) is 18.1. The number of hydrogen-bond acceptors (Lipinski definition) is 3. The van der Waals surface area contributed by atoms with Gasteiger partial charge in [-0.3, -0.25) is 9.59 Å². The van der Waals surface area contributed by atoms with Crippen LogP contribution < -0.4 is 5.32 Å². The van der Waals surface area contributed by atoms with Gasteiger partial charge in [0.1, 0.15) is 17.8 Å². The van der Waals surface area contributed by atoms with Gasteiger partial charge in [-0.2, -0.15) is 18.4 Å². The molecule has 24 heavy (non-hydrogen) atoms. The van der Waals surface area contributed by atoms with Gasteiger partial charge in [0, 0.05) is 32.8 Å². The van der Waals surface area contributed by atoms with E-state index >= 15 is 0 Å². The number of nitriles is 1. The average molecular weight is 342 g/mol. The van der Waals surface area contributed by atoms with E-state index in [1.54, 1.807) is 7.05 Å². The third-order valence-corrected chi connectivity index (χ3v) is 4.07. The second-order valence-electron chi connectivity index (χ2n) is 5.81. The smallest absolute Gasteiger partial charge is 0.346 e. The number of aromatic nitrogens is 1. The first-order valence-corrected chi connectivity index (χ1v) is 7.34. The van der Waals surface area contributed by atoms with E-state index in [0.29, 0.717) is 5.56 Å². The number of carbonyl (C=O) groups excluding carboxylic acids is 2. The fourth-order valence-electron chi connectivity index (χ4n) is 2.89. The number of amides is 2.